The molecule has 2 N–H and O–H groups in total. The lowest BCUT2D eigenvalue weighted by molar-refractivity contribution is -0.117. The van der Waals surface area contributed by atoms with Crippen molar-refractivity contribution < 1.29 is 23.7 Å². The van der Waals surface area contributed by atoms with Crippen molar-refractivity contribution in [3.63, 3.8) is 0 Å². The highest BCUT2D eigenvalue weighted by Gasteiger charge is 2.29. The van der Waals surface area contributed by atoms with Gasteiger partial charge in [-0.05, 0) is 6.08 Å². The second-order valence-corrected chi connectivity index (χ2v) is 7.28. The number of aromatic nitrogens is 2. The van der Waals surface area contributed by atoms with Crippen molar-refractivity contribution in [1.29, 1.82) is 0 Å². The molecule has 0 bridgehead atoms. The van der Waals surface area contributed by atoms with Gasteiger partial charge in [0.15, 0.2) is 5.75 Å². The number of halogens is 2. The van der Waals surface area contributed by atoms with Gasteiger partial charge < -0.3 is 29.6 Å². The number of ether oxygens (including phenoxy) is 4. The van der Waals surface area contributed by atoms with Crippen LogP contribution in [0.4, 0.5) is 5.95 Å². The molecule has 2 aromatic rings. The molecule has 9 nitrogen and oxygen atoms in total. The summed E-state index contributed by atoms with van der Waals surface area (Å²) in [6, 6.07) is 1.23. The Bertz CT molecular complexity index is 914. The molecule has 3 rings (SSSR count). The van der Waals surface area contributed by atoms with Crippen molar-refractivity contribution in [2.24, 2.45) is 0 Å². The number of hydrogen-bond donors (Lipinski definition) is 2. The molecule has 2 heterocycles. The van der Waals surface area contributed by atoms with Crippen molar-refractivity contribution in [3.05, 3.63) is 46.7 Å². The molecule has 1 aromatic carbocycles. The van der Waals surface area contributed by atoms with Crippen LogP contribution in [0.1, 0.15) is 5.56 Å². The third kappa shape index (κ3) is 5.49. The van der Waals surface area contributed by atoms with Crippen LogP contribution in [0.3, 0.4) is 0 Å². The van der Waals surface area contributed by atoms with Crippen molar-refractivity contribution in [2.45, 2.75) is 18.7 Å². The summed E-state index contributed by atoms with van der Waals surface area (Å²) in [7, 11) is 3.00. The predicted molar refractivity (Wildman–Crippen MR) is 116 cm³/mol. The Labute approximate surface area is 189 Å². The Balaban J connectivity index is 1.64. The molecular weight excluding hydrogens is 447 g/mol. The van der Waals surface area contributed by atoms with Crippen LogP contribution in [-0.4, -0.2) is 55.4 Å². The van der Waals surface area contributed by atoms with E-state index in [1.165, 1.54) is 32.7 Å². The Kier molecular flexibility index (Phi) is 7.78. The average molecular weight is 469 g/mol. The summed E-state index contributed by atoms with van der Waals surface area (Å²) in [5.41, 5.74) is 0.519. The Morgan fingerprint density at radius 3 is 2.39 bits per heavy atom. The van der Waals surface area contributed by atoms with E-state index in [4.69, 9.17) is 42.1 Å². The zero-order valence-corrected chi connectivity index (χ0v) is 18.5. The molecule has 1 fully saturated rings. The molecule has 0 aliphatic carbocycles. The number of nitrogens with one attached hydrogen (secondary N) is 2. The van der Waals surface area contributed by atoms with Gasteiger partial charge in [-0.3, -0.25) is 4.79 Å². The van der Waals surface area contributed by atoms with Gasteiger partial charge in [0.05, 0.1) is 62.0 Å². The van der Waals surface area contributed by atoms with Crippen LogP contribution in [0.15, 0.2) is 31.1 Å². The molecule has 0 spiro atoms. The Morgan fingerprint density at radius 2 is 1.81 bits per heavy atom. The first-order valence-electron chi connectivity index (χ1n) is 9.27. The number of rotatable bonds is 9. The summed E-state index contributed by atoms with van der Waals surface area (Å²) < 4.78 is 21.7. The van der Waals surface area contributed by atoms with E-state index >= 15 is 0 Å². The lowest BCUT2D eigenvalue weighted by Crippen LogP contribution is -2.45. The second kappa shape index (κ2) is 10.5. The first-order chi connectivity index (χ1) is 15.0. The number of anilines is 1. The molecule has 11 heteroatoms. The predicted octanol–water partition coefficient (Wildman–Crippen LogP) is 2.86. The van der Waals surface area contributed by atoms with Gasteiger partial charge in [-0.1, -0.05) is 29.8 Å². The van der Waals surface area contributed by atoms with E-state index in [1.807, 2.05) is 0 Å². The number of carbonyl (C=O) groups excluding carboxylic acids is 1. The van der Waals surface area contributed by atoms with Crippen LogP contribution in [0.2, 0.25) is 10.0 Å². The topological polar surface area (TPSA) is 104 Å². The van der Waals surface area contributed by atoms with Gasteiger partial charge in [0, 0.05) is 11.6 Å². The number of amides is 1. The number of carbonyl (C=O) groups is 1. The van der Waals surface area contributed by atoms with E-state index in [1.54, 1.807) is 6.07 Å². The fourth-order valence-electron chi connectivity index (χ4n) is 2.93. The van der Waals surface area contributed by atoms with E-state index in [9.17, 15) is 4.79 Å². The monoisotopic (exact) mass is 468 g/mol. The van der Waals surface area contributed by atoms with Crippen molar-refractivity contribution in [3.8, 4) is 17.2 Å². The van der Waals surface area contributed by atoms with E-state index in [2.05, 4.69) is 27.2 Å². The lowest BCUT2D eigenvalue weighted by atomic mass is 10.1. The van der Waals surface area contributed by atoms with Gasteiger partial charge in [-0.15, -0.1) is 0 Å². The summed E-state index contributed by atoms with van der Waals surface area (Å²) in [5, 5.41) is 6.62. The first-order valence-corrected chi connectivity index (χ1v) is 10.0. The first kappa shape index (κ1) is 22.9. The van der Waals surface area contributed by atoms with Crippen LogP contribution in [-0.2, 0) is 16.1 Å². The minimum atomic E-state index is -0.265. The van der Waals surface area contributed by atoms with Gasteiger partial charge in [-0.2, -0.15) is 0 Å². The number of nitrogens with zero attached hydrogens (tertiary/aromatic N) is 2. The molecule has 2 atom stereocenters. The molecule has 0 saturated carbocycles. The van der Waals surface area contributed by atoms with Crippen molar-refractivity contribution in [1.82, 2.24) is 15.3 Å². The summed E-state index contributed by atoms with van der Waals surface area (Å²) in [6.07, 6.45) is 4.25. The Morgan fingerprint density at radius 1 is 1.19 bits per heavy atom. The van der Waals surface area contributed by atoms with Gasteiger partial charge in [0.25, 0.3) is 0 Å². The molecule has 1 aromatic heterocycles. The third-order valence-electron chi connectivity index (χ3n) is 4.58. The normalized spacial score (nSPS) is 17.7. The average Bonchev–Trinajstić information content (AvgIpc) is 3.21. The highest BCUT2D eigenvalue weighted by molar-refractivity contribution is 6.37. The SMILES string of the molecule is C=CC(=O)NC1COCC1Nc1ncc(OCc2c(Cl)c(OC)cc(OC)c2Cl)cn1. The quantitative estimate of drug-likeness (QED) is 0.541. The summed E-state index contributed by atoms with van der Waals surface area (Å²) >= 11 is 12.7. The minimum Gasteiger partial charge on any atom is -0.495 e. The standard InChI is InChI=1S/C20H22Cl2N4O5/c1-4-17(27)25-13-9-30-10-14(13)26-20-23-6-11(7-24-20)31-8-12-18(21)15(28-2)5-16(29-3)19(12)22/h4-7,13-14H,1,8-10H2,2-3H3,(H,25,27)(H,23,24,26). The van der Waals surface area contributed by atoms with Crippen LogP contribution >= 0.6 is 23.2 Å². The van der Waals surface area contributed by atoms with Crippen LogP contribution in [0.5, 0.6) is 17.2 Å². The molecule has 1 aliphatic rings. The molecular formula is C20H22Cl2N4O5. The number of benzene rings is 1. The summed E-state index contributed by atoms with van der Waals surface area (Å²) in [5.74, 6) is 1.38. The van der Waals surface area contributed by atoms with E-state index in [-0.39, 0.29) is 24.6 Å². The smallest absolute Gasteiger partial charge is 0.243 e. The maximum Gasteiger partial charge on any atom is 0.243 e. The van der Waals surface area contributed by atoms with E-state index in [0.717, 1.165) is 0 Å². The highest BCUT2D eigenvalue weighted by Crippen LogP contribution is 2.40. The highest BCUT2D eigenvalue weighted by atomic mass is 35.5. The molecule has 0 radical (unpaired) electrons. The molecule has 166 valence electrons. The molecule has 1 aliphatic heterocycles. The lowest BCUT2D eigenvalue weighted by Gasteiger charge is -2.19. The van der Waals surface area contributed by atoms with Crippen LogP contribution in [0.25, 0.3) is 0 Å². The molecule has 1 amide bonds. The van der Waals surface area contributed by atoms with Gasteiger partial charge in [-0.25, -0.2) is 9.97 Å². The van der Waals surface area contributed by atoms with Crippen LogP contribution in [0, 0.1) is 0 Å². The molecule has 2 unspecified atom stereocenters. The zero-order chi connectivity index (χ0) is 22.4. The number of hydrogen-bond acceptors (Lipinski definition) is 8. The van der Waals surface area contributed by atoms with E-state index in [0.29, 0.717) is 52.0 Å². The van der Waals surface area contributed by atoms with Crippen LogP contribution < -0.4 is 24.8 Å². The summed E-state index contributed by atoms with van der Waals surface area (Å²) in [4.78, 5) is 20.0. The van der Waals surface area contributed by atoms with Crippen molar-refractivity contribution >= 4 is 35.1 Å². The fourth-order valence-corrected chi connectivity index (χ4v) is 3.54. The second-order valence-electron chi connectivity index (χ2n) is 6.53. The zero-order valence-electron chi connectivity index (χ0n) is 17.0. The molecule has 1 saturated heterocycles. The third-order valence-corrected chi connectivity index (χ3v) is 5.41. The van der Waals surface area contributed by atoms with E-state index < -0.39 is 0 Å². The number of methoxy groups -OCH3 is 2. The van der Waals surface area contributed by atoms with Gasteiger partial charge in [0.1, 0.15) is 18.1 Å². The Hall–Kier alpha value is -2.75. The van der Waals surface area contributed by atoms with Gasteiger partial charge in [0.2, 0.25) is 11.9 Å². The fraction of sp³-hybridized carbons (Fsp3) is 0.350. The maximum absolute atomic E-state index is 11.5. The largest absolute Gasteiger partial charge is 0.495 e. The maximum atomic E-state index is 11.5. The van der Waals surface area contributed by atoms with Gasteiger partial charge >= 0.3 is 0 Å². The minimum absolute atomic E-state index is 0.0630. The molecule has 31 heavy (non-hydrogen) atoms. The summed E-state index contributed by atoms with van der Waals surface area (Å²) in [6.45, 7) is 4.32. The van der Waals surface area contributed by atoms with Crippen molar-refractivity contribution in [2.75, 3.05) is 32.8 Å².